The van der Waals surface area contributed by atoms with Crippen LogP contribution in [0.15, 0.2) is 0 Å². The molecule has 2 aliphatic heterocycles. The molecule has 2 aliphatic rings. The van der Waals surface area contributed by atoms with Crippen molar-refractivity contribution in [3.8, 4) is 0 Å². The lowest BCUT2D eigenvalue weighted by atomic mass is 9.94. The largest absolute Gasteiger partial charge is 0.374 e. The molecule has 0 aromatic rings. The Morgan fingerprint density at radius 3 is 2.46 bits per heavy atom. The van der Waals surface area contributed by atoms with Crippen LogP contribution in [0, 0.1) is 0 Å². The monoisotopic (exact) mass is 206 g/mol. The first-order valence-corrected chi connectivity index (χ1v) is 5.61. The van der Waals surface area contributed by atoms with E-state index in [2.05, 4.69) is 0 Å². The second-order valence-corrected chi connectivity index (χ2v) is 5.38. The van der Waals surface area contributed by atoms with E-state index in [-0.39, 0.29) is 12.6 Å². The maximum atomic E-state index is 11.0. The molecule has 0 aromatic carbocycles. The summed E-state index contributed by atoms with van der Waals surface area (Å²) >= 11 is 0. The van der Waals surface area contributed by atoms with Crippen LogP contribution in [0.5, 0.6) is 0 Å². The van der Waals surface area contributed by atoms with Crippen molar-refractivity contribution in [1.29, 1.82) is 0 Å². The maximum absolute atomic E-state index is 11.0. The molecule has 1 N–H and O–H groups in total. The molecule has 5 nitrogen and oxygen atoms in total. The highest BCUT2D eigenvalue weighted by Crippen LogP contribution is 2.42. The summed E-state index contributed by atoms with van der Waals surface area (Å²) in [5, 5.41) is -0.935. The molecule has 0 amide bonds. The molecule has 2 fully saturated rings. The van der Waals surface area contributed by atoms with Crippen LogP contribution in [0.2, 0.25) is 0 Å². The first kappa shape index (κ1) is 9.45. The van der Waals surface area contributed by atoms with E-state index in [1.807, 2.05) is 0 Å². The number of fused-ring (bicyclic) bond motifs is 2. The van der Waals surface area contributed by atoms with Crippen molar-refractivity contribution in [2.45, 2.75) is 29.9 Å². The van der Waals surface area contributed by atoms with Crippen molar-refractivity contribution in [2.24, 2.45) is 0 Å². The molecule has 0 aromatic heterocycles. The third-order valence-electron chi connectivity index (χ3n) is 2.70. The molecule has 2 heterocycles. The van der Waals surface area contributed by atoms with E-state index in [0.717, 1.165) is 0 Å². The Balaban J connectivity index is 2.42. The summed E-state index contributed by atoms with van der Waals surface area (Å²) in [7, 11) is -2.34. The zero-order valence-corrected chi connectivity index (χ0v) is 8.24. The minimum atomic E-state index is -4.08. The van der Waals surface area contributed by atoms with Crippen molar-refractivity contribution < 1.29 is 22.4 Å². The Morgan fingerprint density at radius 1 is 1.62 bits per heavy atom. The van der Waals surface area contributed by atoms with Gasteiger partial charge < -0.3 is 9.47 Å². The second kappa shape index (κ2) is 2.47. The van der Waals surface area contributed by atoms with Gasteiger partial charge in [0.1, 0.15) is 18.7 Å². The first-order valence-electron chi connectivity index (χ1n) is 4.10. The molecule has 0 radical (unpaired) electrons. The third-order valence-corrected chi connectivity index (χ3v) is 4.11. The minimum Gasteiger partial charge on any atom is -0.374 e. The lowest BCUT2D eigenvalue weighted by Crippen LogP contribution is -2.41. The van der Waals surface area contributed by atoms with Crippen LogP contribution in [0.3, 0.4) is 0 Å². The fraction of sp³-hybridized carbons (Fsp3) is 1.00. The van der Waals surface area contributed by atoms with Crippen LogP contribution in [0.25, 0.3) is 0 Å². The van der Waals surface area contributed by atoms with Gasteiger partial charge in [-0.05, 0) is 6.92 Å². The van der Waals surface area contributed by atoms with E-state index in [4.69, 9.17) is 14.0 Å². The highest BCUT2D eigenvalue weighted by Gasteiger charge is 2.62. The standard InChI is InChI=1S/C6H11BO5S/c1-6-2-11-3(5(7)12-6)4(6)13(8,9)10/h3-5H,2,7H2,1H3,(H,8,9,10)/t3?,4?,5-,6+/m1/s1. The lowest BCUT2D eigenvalue weighted by molar-refractivity contribution is -0.103. The fourth-order valence-electron chi connectivity index (χ4n) is 2.24. The summed E-state index contributed by atoms with van der Waals surface area (Å²) in [6.45, 7) is 1.88. The van der Waals surface area contributed by atoms with Crippen molar-refractivity contribution in [1.82, 2.24) is 0 Å². The van der Waals surface area contributed by atoms with Gasteiger partial charge in [-0.2, -0.15) is 8.42 Å². The molecule has 2 rings (SSSR count). The Kier molecular flexibility index (Phi) is 1.80. The Bertz CT molecular complexity index is 328. The normalized spacial score (nSPS) is 49.8. The van der Waals surface area contributed by atoms with Crippen LogP contribution >= 0.6 is 0 Å². The van der Waals surface area contributed by atoms with Crippen molar-refractivity contribution in [2.75, 3.05) is 6.61 Å². The van der Waals surface area contributed by atoms with Crippen molar-refractivity contribution in [3.63, 3.8) is 0 Å². The molecule has 2 unspecified atom stereocenters. The van der Waals surface area contributed by atoms with E-state index in [1.165, 1.54) is 0 Å². The maximum Gasteiger partial charge on any atom is 0.273 e. The smallest absolute Gasteiger partial charge is 0.273 e. The van der Waals surface area contributed by atoms with Gasteiger partial charge in [0.25, 0.3) is 10.1 Å². The predicted molar refractivity (Wildman–Crippen MR) is 46.9 cm³/mol. The molecular weight excluding hydrogens is 195 g/mol. The minimum absolute atomic E-state index is 0.229. The fourth-order valence-corrected chi connectivity index (χ4v) is 3.63. The summed E-state index contributed by atoms with van der Waals surface area (Å²) in [6.07, 6.45) is -0.528. The SMILES string of the molecule is B[C@@H]1O[C@@]2(C)COC1C2S(=O)(=O)O. The summed E-state index contributed by atoms with van der Waals surface area (Å²) in [4.78, 5) is 0. The molecule has 74 valence electrons. The van der Waals surface area contributed by atoms with Crippen LogP contribution in [-0.2, 0) is 19.6 Å². The third kappa shape index (κ3) is 1.22. The van der Waals surface area contributed by atoms with Gasteiger partial charge in [0.2, 0.25) is 0 Å². The molecular formula is C6H11BO5S. The summed E-state index contributed by atoms with van der Waals surface area (Å²) in [6, 6.07) is -0.273. The van der Waals surface area contributed by atoms with Gasteiger partial charge in [-0.25, -0.2) is 0 Å². The van der Waals surface area contributed by atoms with E-state index in [9.17, 15) is 8.42 Å². The Hall–Kier alpha value is -0.105. The summed E-state index contributed by atoms with van der Waals surface area (Å²) < 4.78 is 41.7. The number of rotatable bonds is 1. The molecule has 0 spiro atoms. The van der Waals surface area contributed by atoms with Gasteiger partial charge in [-0.1, -0.05) is 0 Å². The molecule has 13 heavy (non-hydrogen) atoms. The number of ether oxygens (including phenoxy) is 2. The molecule has 0 saturated carbocycles. The highest BCUT2D eigenvalue weighted by atomic mass is 32.2. The van der Waals surface area contributed by atoms with Crippen LogP contribution < -0.4 is 0 Å². The molecule has 2 saturated heterocycles. The molecule has 0 aliphatic carbocycles. The second-order valence-electron chi connectivity index (χ2n) is 3.85. The van der Waals surface area contributed by atoms with Gasteiger partial charge in [0.05, 0.1) is 18.7 Å². The Labute approximate surface area is 77.6 Å². The van der Waals surface area contributed by atoms with E-state index >= 15 is 0 Å². The van der Waals surface area contributed by atoms with Crippen molar-refractivity contribution in [3.05, 3.63) is 0 Å². The van der Waals surface area contributed by atoms with Gasteiger partial charge in [-0.15, -0.1) is 0 Å². The van der Waals surface area contributed by atoms with Gasteiger partial charge in [0.15, 0.2) is 0 Å². The quantitative estimate of drug-likeness (QED) is 0.412. The van der Waals surface area contributed by atoms with Gasteiger partial charge in [-0.3, -0.25) is 4.55 Å². The zero-order chi connectivity index (χ0) is 9.85. The van der Waals surface area contributed by atoms with Crippen LogP contribution in [-0.4, -0.2) is 50.4 Å². The van der Waals surface area contributed by atoms with Gasteiger partial charge in [0, 0.05) is 0 Å². The van der Waals surface area contributed by atoms with Crippen LogP contribution in [0.1, 0.15) is 6.92 Å². The van der Waals surface area contributed by atoms with Crippen LogP contribution in [0.4, 0.5) is 0 Å². The molecule has 7 heteroatoms. The number of hydrogen-bond acceptors (Lipinski definition) is 4. The Morgan fingerprint density at radius 2 is 2.23 bits per heavy atom. The molecule has 2 bridgehead atoms. The summed E-state index contributed by atoms with van der Waals surface area (Å²) in [5.74, 6) is 0. The topological polar surface area (TPSA) is 72.8 Å². The van der Waals surface area contributed by atoms with E-state index in [0.29, 0.717) is 0 Å². The van der Waals surface area contributed by atoms with Gasteiger partial charge >= 0.3 is 0 Å². The lowest BCUT2D eigenvalue weighted by Gasteiger charge is -2.25. The average Bonchev–Trinajstić information content (AvgIpc) is 2.34. The zero-order valence-electron chi connectivity index (χ0n) is 7.43. The highest BCUT2D eigenvalue weighted by molar-refractivity contribution is 7.86. The van der Waals surface area contributed by atoms with E-state index < -0.39 is 27.1 Å². The number of hydrogen-bond donors (Lipinski definition) is 1. The summed E-state index contributed by atoms with van der Waals surface area (Å²) in [5.41, 5.74) is -0.877. The predicted octanol–water partition coefficient (Wildman–Crippen LogP) is -1.61. The first-order chi connectivity index (χ1) is 5.84. The van der Waals surface area contributed by atoms with E-state index in [1.54, 1.807) is 14.8 Å². The molecule has 4 atom stereocenters. The average molecular weight is 206 g/mol. The van der Waals surface area contributed by atoms with Crippen molar-refractivity contribution >= 4 is 18.0 Å².